The van der Waals surface area contributed by atoms with E-state index < -0.39 is 5.97 Å². The summed E-state index contributed by atoms with van der Waals surface area (Å²) in [6.07, 6.45) is 0.379. The Labute approximate surface area is 100 Å². The summed E-state index contributed by atoms with van der Waals surface area (Å²) in [7, 11) is 3.77. The number of aromatic carboxylic acids is 1. The SMILES string of the molecule is CN(C)CCC(=O)Nc1cccc(C(=O)O)c1. The van der Waals surface area contributed by atoms with Crippen molar-refractivity contribution < 1.29 is 14.7 Å². The van der Waals surface area contributed by atoms with Gasteiger partial charge in [-0.1, -0.05) is 6.07 Å². The van der Waals surface area contributed by atoms with E-state index in [1.165, 1.54) is 12.1 Å². The van der Waals surface area contributed by atoms with E-state index in [4.69, 9.17) is 5.11 Å². The van der Waals surface area contributed by atoms with Gasteiger partial charge in [-0.05, 0) is 32.3 Å². The molecule has 0 spiro atoms. The summed E-state index contributed by atoms with van der Waals surface area (Å²) in [6.45, 7) is 0.657. The fourth-order valence-corrected chi connectivity index (χ4v) is 1.28. The Morgan fingerprint density at radius 1 is 1.35 bits per heavy atom. The van der Waals surface area contributed by atoms with Crippen LogP contribution in [0.15, 0.2) is 24.3 Å². The van der Waals surface area contributed by atoms with E-state index >= 15 is 0 Å². The number of carboxylic acid groups (broad SMARTS) is 1. The standard InChI is InChI=1S/C12H16N2O3/c1-14(2)7-6-11(15)13-10-5-3-4-9(8-10)12(16)17/h3-5,8H,6-7H2,1-2H3,(H,13,15)(H,16,17). The Bertz CT molecular complexity index is 416. The zero-order valence-electron chi connectivity index (χ0n) is 9.93. The third kappa shape index (κ3) is 4.65. The number of anilines is 1. The Morgan fingerprint density at radius 2 is 2.06 bits per heavy atom. The van der Waals surface area contributed by atoms with Crippen LogP contribution in [0.25, 0.3) is 0 Å². The highest BCUT2D eigenvalue weighted by Crippen LogP contribution is 2.10. The third-order valence-corrected chi connectivity index (χ3v) is 2.18. The van der Waals surface area contributed by atoms with Gasteiger partial charge in [-0.25, -0.2) is 4.79 Å². The van der Waals surface area contributed by atoms with Crippen molar-refractivity contribution in [1.29, 1.82) is 0 Å². The lowest BCUT2D eigenvalue weighted by Crippen LogP contribution is -2.20. The zero-order chi connectivity index (χ0) is 12.8. The van der Waals surface area contributed by atoms with Gasteiger partial charge >= 0.3 is 5.97 Å². The quantitative estimate of drug-likeness (QED) is 0.807. The second kappa shape index (κ2) is 6.00. The molecule has 17 heavy (non-hydrogen) atoms. The van der Waals surface area contributed by atoms with E-state index in [0.29, 0.717) is 18.7 Å². The van der Waals surface area contributed by atoms with Crippen molar-refractivity contribution in [2.24, 2.45) is 0 Å². The second-order valence-corrected chi connectivity index (χ2v) is 3.99. The largest absolute Gasteiger partial charge is 0.478 e. The van der Waals surface area contributed by atoms with Crippen molar-refractivity contribution >= 4 is 17.6 Å². The van der Waals surface area contributed by atoms with Crippen molar-refractivity contribution in [3.05, 3.63) is 29.8 Å². The van der Waals surface area contributed by atoms with Gasteiger partial charge < -0.3 is 15.3 Å². The number of rotatable bonds is 5. The molecule has 1 rings (SSSR count). The molecule has 0 aromatic heterocycles. The molecular formula is C12H16N2O3. The summed E-state index contributed by atoms with van der Waals surface area (Å²) in [5.74, 6) is -1.13. The van der Waals surface area contributed by atoms with Crippen molar-refractivity contribution in [1.82, 2.24) is 4.90 Å². The molecule has 1 aromatic carbocycles. The molecular weight excluding hydrogens is 220 g/mol. The van der Waals surface area contributed by atoms with Gasteiger partial charge in [-0.2, -0.15) is 0 Å². The fourth-order valence-electron chi connectivity index (χ4n) is 1.28. The lowest BCUT2D eigenvalue weighted by molar-refractivity contribution is -0.116. The Hall–Kier alpha value is -1.88. The van der Waals surface area contributed by atoms with Crippen LogP contribution in [0.1, 0.15) is 16.8 Å². The maximum absolute atomic E-state index is 11.5. The molecule has 5 nitrogen and oxygen atoms in total. The van der Waals surface area contributed by atoms with Crippen LogP contribution in [-0.2, 0) is 4.79 Å². The van der Waals surface area contributed by atoms with Crippen molar-refractivity contribution in [2.75, 3.05) is 26.0 Å². The maximum Gasteiger partial charge on any atom is 0.335 e. The van der Waals surface area contributed by atoms with Crippen molar-refractivity contribution in [2.45, 2.75) is 6.42 Å². The van der Waals surface area contributed by atoms with Gasteiger partial charge in [-0.3, -0.25) is 4.79 Å². The minimum atomic E-state index is -1.01. The molecule has 0 aliphatic heterocycles. The van der Waals surface area contributed by atoms with E-state index in [1.807, 2.05) is 19.0 Å². The van der Waals surface area contributed by atoms with E-state index in [1.54, 1.807) is 12.1 Å². The van der Waals surface area contributed by atoms with E-state index in [2.05, 4.69) is 5.32 Å². The molecule has 5 heteroatoms. The minimum Gasteiger partial charge on any atom is -0.478 e. The number of carboxylic acids is 1. The second-order valence-electron chi connectivity index (χ2n) is 3.99. The van der Waals surface area contributed by atoms with Crippen LogP contribution in [0.5, 0.6) is 0 Å². The maximum atomic E-state index is 11.5. The van der Waals surface area contributed by atoms with E-state index in [0.717, 1.165) is 0 Å². The smallest absolute Gasteiger partial charge is 0.335 e. The number of amides is 1. The van der Waals surface area contributed by atoms with Crippen molar-refractivity contribution in [3.63, 3.8) is 0 Å². The van der Waals surface area contributed by atoms with Crippen LogP contribution in [0.3, 0.4) is 0 Å². The first-order valence-electron chi connectivity index (χ1n) is 5.27. The summed E-state index contributed by atoms with van der Waals surface area (Å²) in [5.41, 5.74) is 0.670. The Balaban J connectivity index is 2.59. The Kier molecular flexibility index (Phi) is 4.66. The monoisotopic (exact) mass is 236 g/mol. The van der Waals surface area contributed by atoms with Gasteiger partial charge in [0.2, 0.25) is 5.91 Å². The molecule has 0 aliphatic carbocycles. The number of nitrogens with one attached hydrogen (secondary N) is 1. The molecule has 0 saturated carbocycles. The van der Waals surface area contributed by atoms with Gasteiger partial charge in [0, 0.05) is 18.7 Å². The van der Waals surface area contributed by atoms with Gasteiger partial charge in [0.15, 0.2) is 0 Å². The molecule has 92 valence electrons. The highest BCUT2D eigenvalue weighted by Gasteiger charge is 2.06. The molecule has 2 N–H and O–H groups in total. The molecule has 0 saturated heterocycles. The van der Waals surface area contributed by atoms with Crippen LogP contribution in [-0.4, -0.2) is 42.5 Å². The topological polar surface area (TPSA) is 69.6 Å². The van der Waals surface area contributed by atoms with Gasteiger partial charge in [0.05, 0.1) is 5.56 Å². The summed E-state index contributed by atoms with van der Waals surface area (Å²) in [6, 6.07) is 6.19. The first-order chi connectivity index (χ1) is 7.99. The predicted octanol–water partition coefficient (Wildman–Crippen LogP) is 1.27. The van der Waals surface area contributed by atoms with Crippen LogP contribution < -0.4 is 5.32 Å². The number of nitrogens with zero attached hydrogens (tertiary/aromatic N) is 1. The highest BCUT2D eigenvalue weighted by atomic mass is 16.4. The lowest BCUT2D eigenvalue weighted by Gasteiger charge is -2.09. The summed E-state index contributed by atoms with van der Waals surface area (Å²) in [4.78, 5) is 24.2. The molecule has 0 fully saturated rings. The van der Waals surface area contributed by atoms with Gasteiger partial charge in [0.25, 0.3) is 0 Å². The molecule has 1 aromatic rings. The van der Waals surface area contributed by atoms with E-state index in [-0.39, 0.29) is 11.5 Å². The number of benzene rings is 1. The first kappa shape index (κ1) is 13.2. The van der Waals surface area contributed by atoms with Crippen LogP contribution >= 0.6 is 0 Å². The molecule has 0 unspecified atom stereocenters. The summed E-state index contributed by atoms with van der Waals surface area (Å²) < 4.78 is 0. The average Bonchev–Trinajstić information content (AvgIpc) is 2.26. The average molecular weight is 236 g/mol. The molecule has 0 radical (unpaired) electrons. The van der Waals surface area contributed by atoms with Crippen LogP contribution in [0.2, 0.25) is 0 Å². The normalized spacial score (nSPS) is 10.3. The fraction of sp³-hybridized carbons (Fsp3) is 0.333. The molecule has 0 heterocycles. The Morgan fingerprint density at radius 3 is 2.65 bits per heavy atom. The number of carbonyl (C=O) groups excluding carboxylic acids is 1. The molecule has 1 amide bonds. The number of hydrogen-bond acceptors (Lipinski definition) is 3. The summed E-state index contributed by atoms with van der Waals surface area (Å²) >= 11 is 0. The third-order valence-electron chi connectivity index (χ3n) is 2.18. The predicted molar refractivity (Wildman–Crippen MR) is 65.2 cm³/mol. The number of carbonyl (C=O) groups is 2. The van der Waals surface area contributed by atoms with Gasteiger partial charge in [-0.15, -0.1) is 0 Å². The minimum absolute atomic E-state index is 0.124. The first-order valence-corrected chi connectivity index (χ1v) is 5.27. The zero-order valence-corrected chi connectivity index (χ0v) is 9.93. The highest BCUT2D eigenvalue weighted by molar-refractivity contribution is 5.93. The number of hydrogen-bond donors (Lipinski definition) is 2. The van der Waals surface area contributed by atoms with Crippen LogP contribution in [0, 0.1) is 0 Å². The molecule has 0 atom stereocenters. The van der Waals surface area contributed by atoms with Crippen molar-refractivity contribution in [3.8, 4) is 0 Å². The summed E-state index contributed by atoms with van der Waals surface area (Å²) in [5, 5.41) is 11.5. The molecule has 0 bridgehead atoms. The van der Waals surface area contributed by atoms with Gasteiger partial charge in [0.1, 0.15) is 0 Å². The van der Waals surface area contributed by atoms with Crippen LogP contribution in [0.4, 0.5) is 5.69 Å². The lowest BCUT2D eigenvalue weighted by atomic mass is 10.2. The van der Waals surface area contributed by atoms with E-state index in [9.17, 15) is 9.59 Å². The molecule has 0 aliphatic rings.